The number of piperazine rings is 1. The van der Waals surface area contributed by atoms with Crippen molar-refractivity contribution < 1.29 is 13.2 Å². The monoisotopic (exact) mass is 291 g/mol. The van der Waals surface area contributed by atoms with Crippen molar-refractivity contribution in [3.8, 4) is 0 Å². The van der Waals surface area contributed by atoms with Crippen molar-refractivity contribution in [3.63, 3.8) is 0 Å². The van der Waals surface area contributed by atoms with Crippen LogP contribution in [0.2, 0.25) is 0 Å². The van der Waals surface area contributed by atoms with E-state index in [1.807, 2.05) is 6.92 Å². The van der Waals surface area contributed by atoms with E-state index in [1.54, 1.807) is 4.90 Å². The number of carbonyl (C=O) groups excluding carboxylic acids is 1. The van der Waals surface area contributed by atoms with E-state index < -0.39 is 10.2 Å². The second kappa shape index (κ2) is 7.21. The van der Waals surface area contributed by atoms with Crippen LogP contribution in [-0.4, -0.2) is 49.7 Å². The molecule has 1 rings (SSSR count). The van der Waals surface area contributed by atoms with E-state index in [9.17, 15) is 13.2 Å². The first-order valence-corrected chi connectivity index (χ1v) is 8.47. The second-order valence-electron chi connectivity index (χ2n) is 5.02. The Balaban J connectivity index is 2.52. The zero-order valence-corrected chi connectivity index (χ0v) is 12.7. The molecule has 6 nitrogen and oxygen atoms in total. The lowest BCUT2D eigenvalue weighted by atomic mass is 9.97. The fraction of sp³-hybridized carbons (Fsp3) is 0.917. The number of rotatable bonds is 6. The quantitative estimate of drug-likeness (QED) is 0.775. The van der Waals surface area contributed by atoms with Crippen molar-refractivity contribution in [2.75, 3.05) is 26.2 Å². The smallest absolute Gasteiger partial charge is 0.277 e. The third-order valence-corrected chi connectivity index (χ3v) is 4.74. The van der Waals surface area contributed by atoms with Crippen molar-refractivity contribution in [1.82, 2.24) is 9.21 Å². The summed E-state index contributed by atoms with van der Waals surface area (Å²) in [6.07, 6.45) is 3.90. The fourth-order valence-corrected chi connectivity index (χ4v) is 3.05. The molecule has 0 saturated carbocycles. The Kier molecular flexibility index (Phi) is 6.22. The van der Waals surface area contributed by atoms with Crippen LogP contribution in [0.15, 0.2) is 0 Å². The molecule has 0 bridgehead atoms. The number of nitrogens with two attached hydrogens (primary N) is 1. The van der Waals surface area contributed by atoms with Gasteiger partial charge in [0.1, 0.15) is 0 Å². The van der Waals surface area contributed by atoms with E-state index in [4.69, 9.17) is 5.14 Å². The molecule has 7 heteroatoms. The molecular weight excluding hydrogens is 266 g/mol. The standard InChI is InChI=1S/C12H25N3O3S/c1-3-5-6-11(4-2)12(16)14-7-9-15(10-8-14)19(13,17)18/h11H,3-10H2,1-2H3,(H2,13,17,18). The largest absolute Gasteiger partial charge is 0.340 e. The van der Waals surface area contributed by atoms with Crippen LogP contribution in [0.1, 0.15) is 39.5 Å². The number of unbranched alkanes of at least 4 members (excludes halogenated alkanes) is 1. The van der Waals surface area contributed by atoms with Crippen LogP contribution in [-0.2, 0) is 15.0 Å². The van der Waals surface area contributed by atoms with Crippen molar-refractivity contribution in [1.29, 1.82) is 0 Å². The lowest BCUT2D eigenvalue weighted by Crippen LogP contribution is -2.53. The maximum Gasteiger partial charge on any atom is 0.277 e. The Bertz CT molecular complexity index is 389. The molecule has 1 fully saturated rings. The molecule has 1 heterocycles. The third-order valence-electron chi connectivity index (χ3n) is 3.66. The molecule has 0 aromatic heterocycles. The Hall–Kier alpha value is -0.660. The average Bonchev–Trinajstić information content (AvgIpc) is 2.38. The first-order valence-electron chi connectivity index (χ1n) is 6.96. The average molecular weight is 291 g/mol. The summed E-state index contributed by atoms with van der Waals surface area (Å²) in [5.41, 5.74) is 0. The van der Waals surface area contributed by atoms with E-state index in [-0.39, 0.29) is 11.8 Å². The van der Waals surface area contributed by atoms with Gasteiger partial charge in [0.25, 0.3) is 10.2 Å². The summed E-state index contributed by atoms with van der Waals surface area (Å²) in [5.74, 6) is 0.228. The van der Waals surface area contributed by atoms with Crippen LogP contribution >= 0.6 is 0 Å². The first-order chi connectivity index (χ1) is 8.90. The maximum atomic E-state index is 12.3. The summed E-state index contributed by atoms with van der Waals surface area (Å²) in [7, 11) is -3.62. The summed E-state index contributed by atoms with van der Waals surface area (Å²) in [6, 6.07) is 0. The fourth-order valence-electron chi connectivity index (χ4n) is 2.37. The minimum atomic E-state index is -3.62. The molecule has 19 heavy (non-hydrogen) atoms. The highest BCUT2D eigenvalue weighted by Crippen LogP contribution is 2.17. The van der Waals surface area contributed by atoms with Crippen molar-refractivity contribution >= 4 is 16.1 Å². The van der Waals surface area contributed by atoms with Crippen molar-refractivity contribution in [2.24, 2.45) is 11.1 Å². The molecule has 0 radical (unpaired) electrons. The highest BCUT2D eigenvalue weighted by Gasteiger charge is 2.29. The number of hydrogen-bond acceptors (Lipinski definition) is 3. The summed E-state index contributed by atoms with van der Waals surface area (Å²) in [6.45, 7) is 5.63. The summed E-state index contributed by atoms with van der Waals surface area (Å²) >= 11 is 0. The molecular formula is C12H25N3O3S. The number of nitrogens with zero attached hydrogens (tertiary/aromatic N) is 2. The number of carbonyl (C=O) groups is 1. The number of amides is 1. The van der Waals surface area contributed by atoms with E-state index >= 15 is 0 Å². The third kappa shape index (κ3) is 4.74. The topological polar surface area (TPSA) is 83.7 Å². The van der Waals surface area contributed by atoms with Crippen LogP contribution in [0.25, 0.3) is 0 Å². The molecule has 2 N–H and O–H groups in total. The Labute approximate surface area is 116 Å². The molecule has 112 valence electrons. The van der Waals surface area contributed by atoms with Crippen LogP contribution in [0, 0.1) is 5.92 Å². The molecule has 0 aliphatic carbocycles. The zero-order valence-electron chi connectivity index (χ0n) is 11.8. The summed E-state index contributed by atoms with van der Waals surface area (Å²) in [5, 5.41) is 5.08. The van der Waals surface area contributed by atoms with E-state index in [0.717, 1.165) is 25.7 Å². The summed E-state index contributed by atoms with van der Waals surface area (Å²) in [4.78, 5) is 14.1. The highest BCUT2D eigenvalue weighted by atomic mass is 32.2. The zero-order chi connectivity index (χ0) is 14.5. The van der Waals surface area contributed by atoms with Gasteiger partial charge in [-0.05, 0) is 12.8 Å². The van der Waals surface area contributed by atoms with E-state index in [2.05, 4.69) is 6.92 Å². The van der Waals surface area contributed by atoms with E-state index in [0.29, 0.717) is 26.2 Å². The maximum absolute atomic E-state index is 12.3. The molecule has 1 aliphatic heterocycles. The first kappa shape index (κ1) is 16.4. The lowest BCUT2D eigenvalue weighted by Gasteiger charge is -2.34. The highest BCUT2D eigenvalue weighted by molar-refractivity contribution is 7.86. The van der Waals surface area contributed by atoms with Gasteiger partial charge in [-0.1, -0.05) is 26.7 Å². The van der Waals surface area contributed by atoms with Crippen LogP contribution in [0.4, 0.5) is 0 Å². The van der Waals surface area contributed by atoms with Gasteiger partial charge in [0.15, 0.2) is 0 Å². The summed E-state index contributed by atoms with van der Waals surface area (Å²) < 4.78 is 23.6. The van der Waals surface area contributed by atoms with Gasteiger partial charge in [-0.25, -0.2) is 5.14 Å². The Morgan fingerprint density at radius 1 is 1.21 bits per heavy atom. The number of hydrogen-bond donors (Lipinski definition) is 1. The van der Waals surface area contributed by atoms with Gasteiger partial charge in [0.2, 0.25) is 5.91 Å². The van der Waals surface area contributed by atoms with Crippen LogP contribution < -0.4 is 5.14 Å². The molecule has 1 atom stereocenters. The normalized spacial score (nSPS) is 19.4. The van der Waals surface area contributed by atoms with Crippen molar-refractivity contribution in [2.45, 2.75) is 39.5 Å². The minimum Gasteiger partial charge on any atom is -0.340 e. The van der Waals surface area contributed by atoms with Crippen molar-refractivity contribution in [3.05, 3.63) is 0 Å². The van der Waals surface area contributed by atoms with Gasteiger partial charge in [-0.2, -0.15) is 12.7 Å². The van der Waals surface area contributed by atoms with Gasteiger partial charge >= 0.3 is 0 Å². The minimum absolute atomic E-state index is 0.0704. The van der Waals surface area contributed by atoms with E-state index in [1.165, 1.54) is 4.31 Å². The lowest BCUT2D eigenvalue weighted by molar-refractivity contribution is -0.137. The predicted octanol–water partition coefficient (Wildman–Crippen LogP) is 0.551. The SMILES string of the molecule is CCCCC(CC)C(=O)N1CCN(S(N)(=O)=O)CC1. The molecule has 1 unspecified atom stereocenters. The van der Waals surface area contributed by atoms with Crippen LogP contribution in [0.3, 0.4) is 0 Å². The molecule has 0 spiro atoms. The molecule has 0 aromatic carbocycles. The van der Waals surface area contributed by atoms with Gasteiger partial charge in [0.05, 0.1) is 0 Å². The van der Waals surface area contributed by atoms with Crippen LogP contribution in [0.5, 0.6) is 0 Å². The Morgan fingerprint density at radius 2 is 1.79 bits per heavy atom. The van der Waals surface area contributed by atoms with Gasteiger partial charge in [-0.15, -0.1) is 0 Å². The molecule has 0 aromatic rings. The second-order valence-corrected chi connectivity index (χ2v) is 6.56. The van der Waals surface area contributed by atoms with Gasteiger partial charge < -0.3 is 4.90 Å². The molecule has 1 aliphatic rings. The predicted molar refractivity (Wildman–Crippen MR) is 74.6 cm³/mol. The van der Waals surface area contributed by atoms with Gasteiger partial charge in [-0.3, -0.25) is 4.79 Å². The molecule has 1 amide bonds. The Morgan fingerprint density at radius 3 is 2.21 bits per heavy atom. The molecule has 1 saturated heterocycles. The van der Waals surface area contributed by atoms with Gasteiger partial charge in [0, 0.05) is 32.1 Å².